The summed E-state index contributed by atoms with van der Waals surface area (Å²) in [6.07, 6.45) is 3.54. The summed E-state index contributed by atoms with van der Waals surface area (Å²) >= 11 is 3.15. The van der Waals surface area contributed by atoms with Crippen molar-refractivity contribution in [2.24, 2.45) is 0 Å². The Morgan fingerprint density at radius 3 is 2.33 bits per heavy atom. The van der Waals surface area contributed by atoms with Crippen LogP contribution in [0.4, 0.5) is 0 Å². The van der Waals surface area contributed by atoms with Gasteiger partial charge in [0.1, 0.15) is 0 Å². The lowest BCUT2D eigenvalue weighted by Crippen LogP contribution is -1.69. The lowest BCUT2D eigenvalue weighted by atomic mass is 10.6. The zero-order valence-electron chi connectivity index (χ0n) is 3.39. The van der Waals surface area contributed by atoms with Crippen LogP contribution < -0.4 is 0 Å². The van der Waals surface area contributed by atoms with Crippen LogP contribution in [0.15, 0.2) is 12.2 Å². The predicted molar refractivity (Wildman–Crippen MR) is 30.0 cm³/mol. The van der Waals surface area contributed by atoms with E-state index in [1.165, 1.54) is 0 Å². The standard InChI is InChI=1S/C4H7BrO/c5-3-1-2-4-6/h1-2,6H,3-4H2/b2-1-. The minimum atomic E-state index is 0.144. The van der Waals surface area contributed by atoms with E-state index in [2.05, 4.69) is 15.9 Å². The van der Waals surface area contributed by atoms with Gasteiger partial charge in [-0.25, -0.2) is 0 Å². The van der Waals surface area contributed by atoms with Crippen molar-refractivity contribution in [2.45, 2.75) is 0 Å². The number of hydrogen-bond donors (Lipinski definition) is 1. The second-order valence-electron chi connectivity index (χ2n) is 0.808. The molecule has 1 nitrogen and oxygen atoms in total. The summed E-state index contributed by atoms with van der Waals surface area (Å²) < 4.78 is 0. The Morgan fingerprint density at radius 2 is 2.17 bits per heavy atom. The third kappa shape index (κ3) is 4.18. The van der Waals surface area contributed by atoms with Gasteiger partial charge in [-0.1, -0.05) is 28.1 Å². The molecule has 0 aromatic heterocycles. The Kier molecular flexibility index (Phi) is 5.34. The van der Waals surface area contributed by atoms with Crippen LogP contribution in [-0.4, -0.2) is 17.0 Å². The Balaban J connectivity index is 2.73. The van der Waals surface area contributed by atoms with Crippen molar-refractivity contribution in [1.82, 2.24) is 0 Å². The minimum absolute atomic E-state index is 0.144. The first-order chi connectivity index (χ1) is 2.91. The second-order valence-corrected chi connectivity index (χ2v) is 1.46. The van der Waals surface area contributed by atoms with E-state index in [0.29, 0.717) is 0 Å². The van der Waals surface area contributed by atoms with Crippen LogP contribution in [0.2, 0.25) is 0 Å². The van der Waals surface area contributed by atoms with E-state index in [1.54, 1.807) is 6.08 Å². The first-order valence-electron chi connectivity index (χ1n) is 1.73. The fraction of sp³-hybridized carbons (Fsp3) is 0.500. The molecule has 0 unspecified atom stereocenters. The molecule has 0 spiro atoms. The van der Waals surface area contributed by atoms with Gasteiger partial charge in [-0.05, 0) is 0 Å². The summed E-state index contributed by atoms with van der Waals surface area (Å²) in [5, 5.41) is 8.92. The Hall–Kier alpha value is 0.180. The smallest absolute Gasteiger partial charge is 0.0612 e. The Morgan fingerprint density at radius 1 is 1.50 bits per heavy atom. The van der Waals surface area contributed by atoms with Gasteiger partial charge in [0, 0.05) is 5.33 Å². The molecule has 2 heteroatoms. The van der Waals surface area contributed by atoms with Gasteiger partial charge in [-0.15, -0.1) is 0 Å². The second kappa shape index (κ2) is 5.18. The highest BCUT2D eigenvalue weighted by Crippen LogP contribution is 1.78. The van der Waals surface area contributed by atoms with Gasteiger partial charge in [0.2, 0.25) is 0 Å². The molecule has 0 aliphatic carbocycles. The van der Waals surface area contributed by atoms with Crippen molar-refractivity contribution in [3.8, 4) is 0 Å². The topological polar surface area (TPSA) is 20.2 Å². The fourth-order valence-electron chi connectivity index (χ4n) is 0.138. The normalized spacial score (nSPS) is 10.3. The third-order valence-electron chi connectivity index (χ3n) is 0.361. The molecule has 36 valence electrons. The predicted octanol–water partition coefficient (Wildman–Crippen LogP) is 0.930. The molecule has 0 rings (SSSR count). The maximum atomic E-state index is 8.09. The molecule has 0 amide bonds. The van der Waals surface area contributed by atoms with Gasteiger partial charge >= 0.3 is 0 Å². The molecule has 0 saturated heterocycles. The zero-order chi connectivity index (χ0) is 4.83. The summed E-state index contributed by atoms with van der Waals surface area (Å²) in [7, 11) is 0. The van der Waals surface area contributed by atoms with Crippen molar-refractivity contribution in [3.63, 3.8) is 0 Å². The number of allylic oxidation sites excluding steroid dienone is 1. The molecule has 0 radical (unpaired) electrons. The Labute approximate surface area is 45.8 Å². The van der Waals surface area contributed by atoms with Crippen molar-refractivity contribution in [1.29, 1.82) is 0 Å². The van der Waals surface area contributed by atoms with E-state index in [0.717, 1.165) is 5.33 Å². The van der Waals surface area contributed by atoms with Crippen LogP contribution in [0.5, 0.6) is 0 Å². The van der Waals surface area contributed by atoms with E-state index in [9.17, 15) is 0 Å². The monoisotopic (exact) mass is 150 g/mol. The van der Waals surface area contributed by atoms with Gasteiger partial charge in [0.05, 0.1) is 6.61 Å². The molecule has 0 heterocycles. The summed E-state index contributed by atoms with van der Waals surface area (Å²) in [6, 6.07) is 0. The Bertz CT molecular complexity index is 36.8. The minimum Gasteiger partial charge on any atom is -0.392 e. The van der Waals surface area contributed by atoms with Crippen molar-refractivity contribution < 1.29 is 5.11 Å². The number of aliphatic hydroxyl groups is 1. The highest BCUT2D eigenvalue weighted by molar-refractivity contribution is 9.09. The SMILES string of the molecule is OC/C=C\CBr. The molecule has 0 aromatic carbocycles. The molecule has 0 aliphatic rings. The first-order valence-corrected chi connectivity index (χ1v) is 2.85. The van der Waals surface area contributed by atoms with Crippen molar-refractivity contribution in [3.05, 3.63) is 12.2 Å². The first kappa shape index (κ1) is 6.18. The number of halogens is 1. The molecule has 0 aliphatic heterocycles. The van der Waals surface area contributed by atoms with E-state index < -0.39 is 0 Å². The molecule has 6 heavy (non-hydrogen) atoms. The molecule has 0 saturated carbocycles. The lowest BCUT2D eigenvalue weighted by molar-refractivity contribution is 0.342. The number of alkyl halides is 1. The van der Waals surface area contributed by atoms with Gasteiger partial charge in [0.25, 0.3) is 0 Å². The zero-order valence-corrected chi connectivity index (χ0v) is 4.98. The molecule has 1 N–H and O–H groups in total. The average molecular weight is 151 g/mol. The summed E-state index contributed by atoms with van der Waals surface area (Å²) in [5.41, 5.74) is 0. The maximum Gasteiger partial charge on any atom is 0.0612 e. The van der Waals surface area contributed by atoms with E-state index in [4.69, 9.17) is 5.11 Å². The van der Waals surface area contributed by atoms with Gasteiger partial charge < -0.3 is 5.11 Å². The maximum absolute atomic E-state index is 8.09. The van der Waals surface area contributed by atoms with Crippen molar-refractivity contribution in [2.75, 3.05) is 11.9 Å². The number of aliphatic hydroxyl groups excluding tert-OH is 1. The van der Waals surface area contributed by atoms with Crippen LogP contribution >= 0.6 is 15.9 Å². The summed E-state index contributed by atoms with van der Waals surface area (Å²) in [6.45, 7) is 0.144. The average Bonchev–Trinajstić information content (AvgIpc) is 1.61. The van der Waals surface area contributed by atoms with E-state index >= 15 is 0 Å². The molecule has 0 atom stereocenters. The molecule has 0 bridgehead atoms. The van der Waals surface area contributed by atoms with Gasteiger partial charge in [-0.3, -0.25) is 0 Å². The van der Waals surface area contributed by atoms with Crippen LogP contribution in [0.25, 0.3) is 0 Å². The fourth-order valence-corrected chi connectivity index (χ4v) is 0.402. The van der Waals surface area contributed by atoms with Crippen LogP contribution in [0.1, 0.15) is 0 Å². The number of hydrogen-bond acceptors (Lipinski definition) is 1. The lowest BCUT2D eigenvalue weighted by Gasteiger charge is -1.71. The van der Waals surface area contributed by atoms with Crippen LogP contribution in [0.3, 0.4) is 0 Å². The highest BCUT2D eigenvalue weighted by atomic mass is 79.9. The highest BCUT2D eigenvalue weighted by Gasteiger charge is 1.61. The molecular weight excluding hydrogens is 144 g/mol. The van der Waals surface area contributed by atoms with Gasteiger partial charge in [-0.2, -0.15) is 0 Å². The summed E-state index contributed by atoms with van der Waals surface area (Å²) in [5.74, 6) is 0. The van der Waals surface area contributed by atoms with Gasteiger partial charge in [0.15, 0.2) is 0 Å². The van der Waals surface area contributed by atoms with Crippen LogP contribution in [-0.2, 0) is 0 Å². The molecule has 0 aromatic rings. The van der Waals surface area contributed by atoms with E-state index in [1.807, 2.05) is 6.08 Å². The van der Waals surface area contributed by atoms with E-state index in [-0.39, 0.29) is 6.61 Å². The quantitative estimate of drug-likeness (QED) is 0.459. The third-order valence-corrected chi connectivity index (χ3v) is 0.735. The molecule has 0 fully saturated rings. The number of rotatable bonds is 2. The van der Waals surface area contributed by atoms with Crippen molar-refractivity contribution >= 4 is 15.9 Å². The van der Waals surface area contributed by atoms with Crippen LogP contribution in [0, 0.1) is 0 Å². The largest absolute Gasteiger partial charge is 0.392 e. The summed E-state index contributed by atoms with van der Waals surface area (Å²) in [4.78, 5) is 0. The molecular formula is C4H7BrO.